The summed E-state index contributed by atoms with van der Waals surface area (Å²) >= 11 is 1.29. The molecule has 7 heteroatoms. The van der Waals surface area contributed by atoms with E-state index in [1.165, 1.54) is 29.0 Å². The second-order valence-electron chi connectivity index (χ2n) is 6.87. The molecule has 1 aromatic heterocycles. The van der Waals surface area contributed by atoms with Gasteiger partial charge in [-0.3, -0.25) is 4.79 Å². The van der Waals surface area contributed by atoms with E-state index >= 15 is 0 Å². The maximum Gasteiger partial charge on any atom is 0.282 e. The van der Waals surface area contributed by atoms with E-state index in [0.717, 1.165) is 16.3 Å². The first-order chi connectivity index (χ1) is 13.4. The van der Waals surface area contributed by atoms with E-state index in [2.05, 4.69) is 65.5 Å². The number of halogens is 1. The topological polar surface area (TPSA) is 58.1 Å². The number of anilines is 1. The molecular weight excluding hydrogens is 375 g/mol. The lowest BCUT2D eigenvalue weighted by atomic mass is 10.2. The Morgan fingerprint density at radius 2 is 1.79 bits per heavy atom. The molecule has 0 spiro atoms. The van der Waals surface area contributed by atoms with Gasteiger partial charge in [0.1, 0.15) is 10.8 Å². The maximum atomic E-state index is 12.9. The number of hydrogen-bond acceptors (Lipinski definition) is 5. The van der Waals surface area contributed by atoms with E-state index in [-0.39, 0.29) is 17.8 Å². The molecule has 0 fully saturated rings. The first-order valence-electron chi connectivity index (χ1n) is 9.10. The molecule has 0 aliphatic rings. The fourth-order valence-electron chi connectivity index (χ4n) is 2.72. The van der Waals surface area contributed by atoms with Crippen molar-refractivity contribution in [1.29, 1.82) is 0 Å². The molecule has 0 atom stereocenters. The Bertz CT molecular complexity index is 922. The molecule has 0 unspecified atom stereocenters. The van der Waals surface area contributed by atoms with Crippen molar-refractivity contribution in [2.75, 3.05) is 4.90 Å². The van der Waals surface area contributed by atoms with Crippen LogP contribution in [0.1, 0.15) is 39.8 Å². The third-order valence-electron chi connectivity index (χ3n) is 4.32. The Morgan fingerprint density at radius 1 is 1.11 bits per heavy atom. The summed E-state index contributed by atoms with van der Waals surface area (Å²) in [5.41, 5.74) is 3.14. The van der Waals surface area contributed by atoms with Gasteiger partial charge >= 0.3 is 0 Å². The van der Waals surface area contributed by atoms with Gasteiger partial charge in [0.05, 0.1) is 6.54 Å². The van der Waals surface area contributed by atoms with E-state index in [1.807, 2.05) is 0 Å². The SMILES string of the molecule is Cc1ccc(N(Cc2nnc(C(=O)NCc3ccc(F)cc3)s2)C(C)C)cc1. The Labute approximate surface area is 168 Å². The van der Waals surface area contributed by atoms with Crippen molar-refractivity contribution in [3.63, 3.8) is 0 Å². The zero-order valence-electron chi connectivity index (χ0n) is 16.1. The fraction of sp³-hybridized carbons (Fsp3) is 0.286. The molecule has 0 saturated carbocycles. The molecule has 3 rings (SSSR count). The molecule has 0 aliphatic carbocycles. The second kappa shape index (κ2) is 8.93. The monoisotopic (exact) mass is 398 g/mol. The number of nitrogens with zero attached hydrogens (tertiary/aromatic N) is 3. The Kier molecular flexibility index (Phi) is 6.36. The Morgan fingerprint density at radius 3 is 2.43 bits per heavy atom. The summed E-state index contributed by atoms with van der Waals surface area (Å²) in [5.74, 6) is -0.577. The number of amides is 1. The molecule has 0 saturated heterocycles. The van der Waals surface area contributed by atoms with Crippen LogP contribution in [0.4, 0.5) is 10.1 Å². The highest BCUT2D eigenvalue weighted by Gasteiger charge is 2.17. The van der Waals surface area contributed by atoms with Crippen LogP contribution in [-0.4, -0.2) is 22.1 Å². The van der Waals surface area contributed by atoms with Crippen molar-refractivity contribution in [2.45, 2.75) is 39.9 Å². The molecular formula is C21H23FN4OS. The molecule has 1 N–H and O–H groups in total. The van der Waals surface area contributed by atoms with Crippen molar-refractivity contribution in [3.8, 4) is 0 Å². The molecule has 5 nitrogen and oxygen atoms in total. The van der Waals surface area contributed by atoms with Gasteiger partial charge in [-0.1, -0.05) is 41.2 Å². The first-order valence-corrected chi connectivity index (χ1v) is 9.92. The van der Waals surface area contributed by atoms with Crippen molar-refractivity contribution in [2.24, 2.45) is 0 Å². The van der Waals surface area contributed by atoms with Crippen molar-refractivity contribution < 1.29 is 9.18 Å². The van der Waals surface area contributed by atoms with Gasteiger partial charge in [0.2, 0.25) is 5.01 Å². The molecule has 0 bridgehead atoms. The quantitative estimate of drug-likeness (QED) is 0.644. The molecule has 3 aromatic rings. The molecule has 0 aliphatic heterocycles. The van der Waals surface area contributed by atoms with Crippen LogP contribution in [0.2, 0.25) is 0 Å². The first kappa shape index (κ1) is 19.9. The minimum absolute atomic E-state index is 0.278. The highest BCUT2D eigenvalue weighted by molar-refractivity contribution is 7.13. The summed E-state index contributed by atoms with van der Waals surface area (Å²) in [7, 11) is 0. The van der Waals surface area contributed by atoms with E-state index in [1.54, 1.807) is 12.1 Å². The lowest BCUT2D eigenvalue weighted by molar-refractivity contribution is 0.0950. The summed E-state index contributed by atoms with van der Waals surface area (Å²) in [6, 6.07) is 14.7. The van der Waals surface area contributed by atoms with Crippen LogP contribution in [0, 0.1) is 12.7 Å². The van der Waals surface area contributed by atoms with Crippen molar-refractivity contribution in [1.82, 2.24) is 15.5 Å². The van der Waals surface area contributed by atoms with Crippen LogP contribution in [0.25, 0.3) is 0 Å². The molecule has 146 valence electrons. The number of rotatable bonds is 7. The van der Waals surface area contributed by atoms with Crippen LogP contribution < -0.4 is 10.2 Å². The number of hydrogen-bond donors (Lipinski definition) is 1. The third-order valence-corrected chi connectivity index (χ3v) is 5.23. The highest BCUT2D eigenvalue weighted by atomic mass is 32.1. The lowest BCUT2D eigenvalue weighted by Gasteiger charge is -2.28. The second-order valence-corrected chi connectivity index (χ2v) is 7.93. The van der Waals surface area contributed by atoms with Gasteiger partial charge in [0.25, 0.3) is 5.91 Å². The van der Waals surface area contributed by atoms with Gasteiger partial charge in [-0.25, -0.2) is 4.39 Å². The molecule has 1 amide bonds. The lowest BCUT2D eigenvalue weighted by Crippen LogP contribution is -2.30. The highest BCUT2D eigenvalue weighted by Crippen LogP contribution is 2.22. The van der Waals surface area contributed by atoms with Crippen molar-refractivity contribution >= 4 is 22.9 Å². The zero-order chi connectivity index (χ0) is 20.1. The third kappa shape index (κ3) is 5.13. The summed E-state index contributed by atoms with van der Waals surface area (Å²) in [5, 5.41) is 12.1. The van der Waals surface area contributed by atoms with E-state index in [0.29, 0.717) is 18.1 Å². The summed E-state index contributed by atoms with van der Waals surface area (Å²) < 4.78 is 12.9. The molecule has 0 radical (unpaired) electrons. The van der Waals surface area contributed by atoms with E-state index in [9.17, 15) is 9.18 Å². The van der Waals surface area contributed by atoms with E-state index < -0.39 is 0 Å². The van der Waals surface area contributed by atoms with Gasteiger partial charge in [0.15, 0.2) is 0 Å². The summed E-state index contributed by atoms with van der Waals surface area (Å²) in [6.07, 6.45) is 0. The van der Waals surface area contributed by atoms with Crippen LogP contribution in [0.5, 0.6) is 0 Å². The largest absolute Gasteiger partial charge is 0.362 e. The number of nitrogens with one attached hydrogen (secondary N) is 1. The van der Waals surface area contributed by atoms with Crippen LogP contribution in [0.15, 0.2) is 48.5 Å². The minimum atomic E-state index is -0.299. The predicted molar refractivity (Wildman–Crippen MR) is 110 cm³/mol. The van der Waals surface area contributed by atoms with Crippen LogP contribution in [-0.2, 0) is 13.1 Å². The Balaban J connectivity index is 1.64. The molecule has 28 heavy (non-hydrogen) atoms. The Hall–Kier alpha value is -2.80. The number of carbonyl (C=O) groups excluding carboxylic acids is 1. The molecule has 1 heterocycles. The summed E-state index contributed by atoms with van der Waals surface area (Å²) in [6.45, 7) is 7.21. The zero-order valence-corrected chi connectivity index (χ0v) is 17.0. The predicted octanol–water partition coefficient (Wildman–Crippen LogP) is 4.33. The average Bonchev–Trinajstić information content (AvgIpc) is 3.15. The van der Waals surface area contributed by atoms with E-state index in [4.69, 9.17) is 0 Å². The number of benzene rings is 2. The average molecular weight is 399 g/mol. The number of aromatic nitrogens is 2. The molecule has 2 aromatic carbocycles. The van der Waals surface area contributed by atoms with Gasteiger partial charge in [-0.15, -0.1) is 10.2 Å². The van der Waals surface area contributed by atoms with Crippen LogP contribution >= 0.6 is 11.3 Å². The van der Waals surface area contributed by atoms with Gasteiger partial charge in [0, 0.05) is 18.3 Å². The van der Waals surface area contributed by atoms with Crippen LogP contribution in [0.3, 0.4) is 0 Å². The summed E-state index contributed by atoms with van der Waals surface area (Å²) in [4.78, 5) is 14.6. The smallest absolute Gasteiger partial charge is 0.282 e. The number of aryl methyl sites for hydroxylation is 1. The fourth-order valence-corrected chi connectivity index (χ4v) is 3.48. The normalized spacial score (nSPS) is 10.9. The standard InChI is InChI=1S/C21H23FN4OS/c1-14(2)26(18-10-4-15(3)5-11-18)13-19-24-25-21(28-19)20(27)23-12-16-6-8-17(22)9-7-16/h4-11,14H,12-13H2,1-3H3,(H,23,27). The maximum absolute atomic E-state index is 12.9. The van der Waals surface area contributed by atoms with Gasteiger partial charge in [-0.2, -0.15) is 0 Å². The van der Waals surface area contributed by atoms with Gasteiger partial charge < -0.3 is 10.2 Å². The minimum Gasteiger partial charge on any atom is -0.362 e. The van der Waals surface area contributed by atoms with Gasteiger partial charge in [-0.05, 0) is 50.6 Å². The van der Waals surface area contributed by atoms with Crippen molar-refractivity contribution in [3.05, 3.63) is 75.5 Å². The number of carbonyl (C=O) groups is 1.